The Labute approximate surface area is 136 Å². The van der Waals surface area contributed by atoms with Gasteiger partial charge in [0.25, 0.3) is 0 Å². The molecule has 1 N–H and O–H groups in total. The molecule has 2 heterocycles. The zero-order valence-corrected chi connectivity index (χ0v) is 12.7. The number of aromatic nitrogens is 2. The number of carbonyl (C=O) groups is 3. The first-order chi connectivity index (χ1) is 11.7. The Hall–Kier alpha value is -3.08. The predicted molar refractivity (Wildman–Crippen MR) is 86.7 cm³/mol. The lowest BCUT2D eigenvalue weighted by Gasteiger charge is -2.22. The van der Waals surface area contributed by atoms with Crippen LogP contribution in [-0.4, -0.2) is 27.3 Å². The van der Waals surface area contributed by atoms with Gasteiger partial charge in [0.2, 0.25) is 5.78 Å². The molecule has 0 bridgehead atoms. The van der Waals surface area contributed by atoms with E-state index < -0.39 is 0 Å². The summed E-state index contributed by atoms with van der Waals surface area (Å²) in [5.41, 5.74) is 2.86. The van der Waals surface area contributed by atoms with E-state index in [0.29, 0.717) is 40.7 Å². The van der Waals surface area contributed by atoms with E-state index in [1.807, 2.05) is 24.3 Å². The Balaban J connectivity index is 1.88. The SMILES string of the molecule is O=C1c2cnc3c(c2C(=O)c2c1[nH]c1ccccc21)C(=O)CCC3. The van der Waals surface area contributed by atoms with Crippen molar-refractivity contribution in [1.82, 2.24) is 9.97 Å². The van der Waals surface area contributed by atoms with Gasteiger partial charge >= 0.3 is 0 Å². The molecule has 2 aliphatic rings. The standard InChI is InChI=1S/C19H12N2O3/c22-13-7-3-6-12-16(13)14-10(8-20-12)18(23)17-15(19(14)24)9-4-1-2-5-11(9)21-17/h1-2,4-5,8,21H,3,6-7H2. The molecule has 116 valence electrons. The van der Waals surface area contributed by atoms with Gasteiger partial charge in [-0.25, -0.2) is 0 Å². The number of aryl methyl sites for hydroxylation is 1. The van der Waals surface area contributed by atoms with Crippen LogP contribution in [0.4, 0.5) is 0 Å². The average Bonchev–Trinajstić information content (AvgIpc) is 2.99. The average molecular weight is 316 g/mol. The second-order valence-corrected chi connectivity index (χ2v) is 6.22. The third-order valence-corrected chi connectivity index (χ3v) is 4.89. The lowest BCUT2D eigenvalue weighted by Crippen LogP contribution is -2.27. The van der Waals surface area contributed by atoms with Gasteiger partial charge < -0.3 is 4.98 Å². The molecular formula is C19H12N2O3. The summed E-state index contributed by atoms with van der Waals surface area (Å²) in [5, 5.41) is 0.713. The quantitative estimate of drug-likeness (QED) is 0.541. The van der Waals surface area contributed by atoms with Gasteiger partial charge in [0, 0.05) is 29.1 Å². The highest BCUT2D eigenvalue weighted by molar-refractivity contribution is 6.34. The fourth-order valence-electron chi connectivity index (χ4n) is 3.80. The molecule has 5 rings (SSSR count). The second kappa shape index (κ2) is 4.47. The number of pyridine rings is 1. The van der Waals surface area contributed by atoms with E-state index >= 15 is 0 Å². The Morgan fingerprint density at radius 3 is 2.62 bits per heavy atom. The maximum Gasteiger partial charge on any atom is 0.212 e. The van der Waals surface area contributed by atoms with Crippen LogP contribution in [0.1, 0.15) is 60.9 Å². The van der Waals surface area contributed by atoms with E-state index in [1.54, 1.807) is 0 Å². The van der Waals surface area contributed by atoms with Crippen LogP contribution >= 0.6 is 0 Å². The third kappa shape index (κ3) is 1.53. The number of aromatic amines is 1. The van der Waals surface area contributed by atoms with Gasteiger partial charge in [0.05, 0.1) is 28.1 Å². The molecule has 2 aliphatic carbocycles. The van der Waals surface area contributed by atoms with Crippen LogP contribution in [0.3, 0.4) is 0 Å². The molecule has 0 atom stereocenters. The van der Waals surface area contributed by atoms with Crippen LogP contribution in [0, 0.1) is 0 Å². The second-order valence-electron chi connectivity index (χ2n) is 6.22. The molecule has 3 aromatic rings. The van der Waals surface area contributed by atoms with Crippen molar-refractivity contribution in [3.63, 3.8) is 0 Å². The first-order valence-electron chi connectivity index (χ1n) is 7.92. The van der Waals surface area contributed by atoms with Crippen LogP contribution in [0.25, 0.3) is 10.9 Å². The van der Waals surface area contributed by atoms with Crippen LogP contribution in [-0.2, 0) is 6.42 Å². The molecule has 0 radical (unpaired) electrons. The summed E-state index contributed by atoms with van der Waals surface area (Å²) in [6.07, 6.45) is 3.24. The van der Waals surface area contributed by atoms with Crippen molar-refractivity contribution in [2.24, 2.45) is 0 Å². The summed E-state index contributed by atoms with van der Waals surface area (Å²) in [4.78, 5) is 45.8. The minimum absolute atomic E-state index is 0.0926. The molecule has 0 unspecified atom stereocenters. The lowest BCUT2D eigenvalue weighted by atomic mass is 9.80. The Morgan fingerprint density at radius 2 is 1.75 bits per heavy atom. The van der Waals surface area contributed by atoms with Crippen LogP contribution in [0.2, 0.25) is 0 Å². The number of fused-ring (bicyclic) bond motifs is 6. The molecule has 0 spiro atoms. The monoisotopic (exact) mass is 316 g/mol. The van der Waals surface area contributed by atoms with Gasteiger partial charge in [-0.05, 0) is 18.9 Å². The fourth-order valence-corrected chi connectivity index (χ4v) is 3.80. The van der Waals surface area contributed by atoms with Crippen LogP contribution < -0.4 is 0 Å². The molecule has 5 nitrogen and oxygen atoms in total. The summed E-state index contributed by atoms with van der Waals surface area (Å²) >= 11 is 0. The maximum atomic E-state index is 13.2. The van der Waals surface area contributed by atoms with Gasteiger partial charge in [0.1, 0.15) is 0 Å². The molecule has 0 fully saturated rings. The number of rotatable bonds is 0. The molecule has 24 heavy (non-hydrogen) atoms. The number of nitrogens with one attached hydrogen (secondary N) is 1. The molecule has 0 amide bonds. The highest BCUT2D eigenvalue weighted by Gasteiger charge is 2.38. The highest BCUT2D eigenvalue weighted by atomic mass is 16.1. The fraction of sp³-hybridized carbons (Fsp3) is 0.158. The van der Waals surface area contributed by atoms with Crippen molar-refractivity contribution >= 4 is 28.3 Å². The van der Waals surface area contributed by atoms with Crippen molar-refractivity contribution in [3.8, 4) is 0 Å². The van der Waals surface area contributed by atoms with Crippen LogP contribution in [0.15, 0.2) is 30.5 Å². The summed E-state index contributed by atoms with van der Waals surface area (Å²) < 4.78 is 0. The first kappa shape index (κ1) is 13.4. The van der Waals surface area contributed by atoms with Crippen molar-refractivity contribution < 1.29 is 14.4 Å². The number of Topliss-reactive ketones (excluding diaryl/α,β-unsaturated/α-hetero) is 1. The lowest BCUT2D eigenvalue weighted by molar-refractivity contribution is 0.0948. The van der Waals surface area contributed by atoms with E-state index in [9.17, 15) is 14.4 Å². The molecule has 1 aromatic carbocycles. The molecule has 5 heteroatoms. The van der Waals surface area contributed by atoms with E-state index in [4.69, 9.17) is 0 Å². The number of ketones is 3. The van der Waals surface area contributed by atoms with E-state index in [-0.39, 0.29) is 28.5 Å². The number of benzene rings is 1. The van der Waals surface area contributed by atoms with Gasteiger partial charge in [-0.3, -0.25) is 19.4 Å². The Kier molecular flexibility index (Phi) is 2.49. The topological polar surface area (TPSA) is 79.9 Å². The summed E-state index contributed by atoms with van der Waals surface area (Å²) in [7, 11) is 0. The van der Waals surface area contributed by atoms with E-state index in [2.05, 4.69) is 9.97 Å². The Morgan fingerprint density at radius 1 is 0.917 bits per heavy atom. The summed E-state index contributed by atoms with van der Waals surface area (Å²) in [6.45, 7) is 0. The number of para-hydroxylation sites is 1. The zero-order valence-electron chi connectivity index (χ0n) is 12.7. The van der Waals surface area contributed by atoms with Gasteiger partial charge in [0.15, 0.2) is 11.6 Å². The van der Waals surface area contributed by atoms with Crippen LogP contribution in [0.5, 0.6) is 0 Å². The molecule has 2 aromatic heterocycles. The number of nitrogens with zero attached hydrogens (tertiary/aromatic N) is 1. The summed E-state index contributed by atoms with van der Waals surface area (Å²) in [6, 6.07) is 7.32. The van der Waals surface area contributed by atoms with Gasteiger partial charge in [-0.15, -0.1) is 0 Å². The maximum absolute atomic E-state index is 13.2. The van der Waals surface area contributed by atoms with Gasteiger partial charge in [-0.1, -0.05) is 18.2 Å². The minimum Gasteiger partial charge on any atom is -0.351 e. The number of hydrogen-bond acceptors (Lipinski definition) is 4. The molecule has 0 saturated heterocycles. The third-order valence-electron chi connectivity index (χ3n) is 4.89. The number of carbonyl (C=O) groups excluding carboxylic acids is 3. The van der Waals surface area contributed by atoms with Crippen molar-refractivity contribution in [3.05, 3.63) is 64.1 Å². The van der Waals surface area contributed by atoms with E-state index in [0.717, 1.165) is 11.9 Å². The highest BCUT2D eigenvalue weighted by Crippen LogP contribution is 2.36. The molecule has 0 saturated carbocycles. The predicted octanol–water partition coefficient (Wildman–Crippen LogP) is 2.86. The molecular weight excluding hydrogens is 304 g/mol. The summed E-state index contributed by atoms with van der Waals surface area (Å²) in [5.74, 6) is -0.625. The first-order valence-corrected chi connectivity index (χ1v) is 7.92. The smallest absolute Gasteiger partial charge is 0.212 e. The zero-order chi connectivity index (χ0) is 16.4. The molecule has 0 aliphatic heterocycles. The normalized spacial score (nSPS) is 16.1. The number of hydrogen-bond donors (Lipinski definition) is 1. The van der Waals surface area contributed by atoms with Crippen molar-refractivity contribution in [2.45, 2.75) is 19.3 Å². The number of H-pyrrole nitrogens is 1. The van der Waals surface area contributed by atoms with Gasteiger partial charge in [-0.2, -0.15) is 0 Å². The van der Waals surface area contributed by atoms with E-state index in [1.165, 1.54) is 6.20 Å². The van der Waals surface area contributed by atoms with Crippen molar-refractivity contribution in [1.29, 1.82) is 0 Å². The minimum atomic E-state index is -0.274. The largest absolute Gasteiger partial charge is 0.351 e. The van der Waals surface area contributed by atoms with Crippen molar-refractivity contribution in [2.75, 3.05) is 0 Å². The Bertz CT molecular complexity index is 1090.